The number of ether oxygens (including phenoxy) is 2. The van der Waals surface area contributed by atoms with Crippen LogP contribution in [-0.4, -0.2) is 30.8 Å². The first-order valence-electron chi connectivity index (χ1n) is 7.55. The van der Waals surface area contributed by atoms with Crippen molar-refractivity contribution in [1.29, 1.82) is 0 Å². The van der Waals surface area contributed by atoms with E-state index in [2.05, 4.69) is 37.1 Å². The molecule has 0 radical (unpaired) electrons. The molecule has 0 saturated heterocycles. The van der Waals surface area contributed by atoms with Crippen LogP contribution in [0, 0.1) is 0 Å². The molecule has 0 saturated carbocycles. The summed E-state index contributed by atoms with van der Waals surface area (Å²) in [7, 11) is 0. The van der Waals surface area contributed by atoms with Crippen molar-refractivity contribution in [2.75, 3.05) is 19.8 Å². The van der Waals surface area contributed by atoms with Gasteiger partial charge in [0.15, 0.2) is 0 Å². The van der Waals surface area contributed by atoms with Crippen LogP contribution >= 0.6 is 0 Å². The molecule has 1 rings (SSSR count). The van der Waals surface area contributed by atoms with Gasteiger partial charge in [-0.05, 0) is 18.1 Å². The highest BCUT2D eigenvalue weighted by Crippen LogP contribution is 2.02. The number of nitrogens with zero attached hydrogens (tertiary/aromatic N) is 1. The average molecular weight is 280 g/mol. The molecule has 20 heavy (non-hydrogen) atoms. The Morgan fingerprint density at radius 3 is 2.60 bits per heavy atom. The van der Waals surface area contributed by atoms with Crippen LogP contribution in [0.2, 0.25) is 0 Å². The number of hydrogen-bond acceptors (Lipinski definition) is 4. The van der Waals surface area contributed by atoms with Gasteiger partial charge in [0.05, 0.1) is 25.5 Å². The maximum atomic E-state index is 5.53. The largest absolute Gasteiger partial charge is 0.379 e. The Balaban J connectivity index is 2.12. The third-order valence-electron chi connectivity index (χ3n) is 2.86. The first-order chi connectivity index (χ1) is 9.72. The van der Waals surface area contributed by atoms with Gasteiger partial charge in [0, 0.05) is 25.4 Å². The summed E-state index contributed by atoms with van der Waals surface area (Å²) in [6.07, 6.45) is 4.20. The molecule has 1 heterocycles. The van der Waals surface area contributed by atoms with Gasteiger partial charge in [0.2, 0.25) is 0 Å². The molecule has 4 heteroatoms. The van der Waals surface area contributed by atoms with Gasteiger partial charge >= 0.3 is 0 Å². The van der Waals surface area contributed by atoms with Crippen LogP contribution in [0.5, 0.6) is 0 Å². The smallest absolute Gasteiger partial charge is 0.0889 e. The molecule has 1 aromatic heterocycles. The molecule has 0 fully saturated rings. The summed E-state index contributed by atoms with van der Waals surface area (Å²) in [5.74, 6) is 0. The zero-order chi connectivity index (χ0) is 14.6. The van der Waals surface area contributed by atoms with E-state index in [0.717, 1.165) is 25.3 Å². The van der Waals surface area contributed by atoms with E-state index in [9.17, 15) is 0 Å². The van der Waals surface area contributed by atoms with Crippen molar-refractivity contribution in [2.24, 2.45) is 0 Å². The SMILES string of the molecule is CCCCOCCOCc1ccc(CNC(C)C)cn1. The fourth-order valence-corrected chi connectivity index (χ4v) is 1.61. The Morgan fingerprint density at radius 1 is 1.15 bits per heavy atom. The van der Waals surface area contributed by atoms with Gasteiger partial charge in [-0.3, -0.25) is 4.98 Å². The topological polar surface area (TPSA) is 43.4 Å². The number of pyridine rings is 1. The molecule has 0 unspecified atom stereocenters. The monoisotopic (exact) mass is 280 g/mol. The summed E-state index contributed by atoms with van der Waals surface area (Å²) < 4.78 is 11.0. The van der Waals surface area contributed by atoms with Gasteiger partial charge in [-0.15, -0.1) is 0 Å². The van der Waals surface area contributed by atoms with E-state index in [1.807, 2.05) is 12.3 Å². The lowest BCUT2D eigenvalue weighted by molar-refractivity contribution is 0.0386. The molecule has 0 bridgehead atoms. The Hall–Kier alpha value is -0.970. The molecule has 114 valence electrons. The first kappa shape index (κ1) is 17.1. The van der Waals surface area contributed by atoms with Crippen LogP contribution in [0.25, 0.3) is 0 Å². The maximum absolute atomic E-state index is 5.53. The van der Waals surface area contributed by atoms with E-state index in [-0.39, 0.29) is 0 Å². The summed E-state index contributed by atoms with van der Waals surface area (Å²) >= 11 is 0. The number of rotatable bonds is 11. The molecular weight excluding hydrogens is 252 g/mol. The zero-order valence-electron chi connectivity index (χ0n) is 13.0. The first-order valence-corrected chi connectivity index (χ1v) is 7.55. The van der Waals surface area contributed by atoms with Crippen molar-refractivity contribution in [1.82, 2.24) is 10.3 Å². The lowest BCUT2D eigenvalue weighted by atomic mass is 10.2. The lowest BCUT2D eigenvalue weighted by Crippen LogP contribution is -2.21. The Labute approximate surface area is 122 Å². The van der Waals surface area contributed by atoms with Crippen molar-refractivity contribution >= 4 is 0 Å². The van der Waals surface area contributed by atoms with Gasteiger partial charge in [0.1, 0.15) is 0 Å². The van der Waals surface area contributed by atoms with Crippen LogP contribution in [0.4, 0.5) is 0 Å². The van der Waals surface area contributed by atoms with Gasteiger partial charge in [0.25, 0.3) is 0 Å². The lowest BCUT2D eigenvalue weighted by Gasteiger charge is -2.08. The number of aromatic nitrogens is 1. The molecule has 0 amide bonds. The molecule has 0 aromatic carbocycles. The minimum absolute atomic E-state index is 0.491. The van der Waals surface area contributed by atoms with Gasteiger partial charge in [-0.25, -0.2) is 0 Å². The highest BCUT2D eigenvalue weighted by Gasteiger charge is 1.98. The molecule has 1 aromatic rings. The van der Waals surface area contributed by atoms with Crippen LogP contribution in [0.15, 0.2) is 18.3 Å². The van der Waals surface area contributed by atoms with Crippen LogP contribution < -0.4 is 5.32 Å². The summed E-state index contributed by atoms with van der Waals surface area (Å²) in [5.41, 5.74) is 2.16. The maximum Gasteiger partial charge on any atom is 0.0889 e. The third-order valence-corrected chi connectivity index (χ3v) is 2.86. The Kier molecular flexibility index (Phi) is 9.20. The third kappa shape index (κ3) is 8.25. The number of hydrogen-bond donors (Lipinski definition) is 1. The van der Waals surface area contributed by atoms with Crippen molar-refractivity contribution in [2.45, 2.75) is 52.8 Å². The minimum Gasteiger partial charge on any atom is -0.379 e. The van der Waals surface area contributed by atoms with Crippen LogP contribution in [-0.2, 0) is 22.6 Å². The molecule has 0 aliphatic carbocycles. The second kappa shape index (κ2) is 10.8. The quantitative estimate of drug-likeness (QED) is 0.633. The number of unbranched alkanes of at least 4 members (excludes halogenated alkanes) is 1. The highest BCUT2D eigenvalue weighted by atomic mass is 16.5. The van der Waals surface area contributed by atoms with E-state index >= 15 is 0 Å². The van der Waals surface area contributed by atoms with E-state index in [1.54, 1.807) is 0 Å². The van der Waals surface area contributed by atoms with Crippen LogP contribution in [0.1, 0.15) is 44.9 Å². The predicted molar refractivity (Wildman–Crippen MR) is 81.6 cm³/mol. The molecule has 0 aliphatic rings. The van der Waals surface area contributed by atoms with Gasteiger partial charge in [-0.1, -0.05) is 33.3 Å². The Bertz CT molecular complexity index is 339. The second-order valence-corrected chi connectivity index (χ2v) is 5.21. The second-order valence-electron chi connectivity index (χ2n) is 5.21. The molecular formula is C16H28N2O2. The van der Waals surface area contributed by atoms with Crippen molar-refractivity contribution < 1.29 is 9.47 Å². The van der Waals surface area contributed by atoms with E-state index in [1.165, 1.54) is 12.0 Å². The molecule has 0 atom stereocenters. The van der Waals surface area contributed by atoms with E-state index < -0.39 is 0 Å². The van der Waals surface area contributed by atoms with Crippen LogP contribution in [0.3, 0.4) is 0 Å². The standard InChI is InChI=1S/C16H28N2O2/c1-4-5-8-19-9-10-20-13-16-7-6-15(12-18-16)11-17-14(2)3/h6-7,12,14,17H,4-5,8-11,13H2,1-3H3. The normalized spacial score (nSPS) is 11.2. The molecule has 4 nitrogen and oxygen atoms in total. The van der Waals surface area contributed by atoms with Crippen molar-refractivity contribution in [3.8, 4) is 0 Å². The van der Waals surface area contributed by atoms with Crippen molar-refractivity contribution in [3.05, 3.63) is 29.6 Å². The summed E-state index contributed by atoms with van der Waals surface area (Å²) in [6.45, 7) is 9.96. The van der Waals surface area contributed by atoms with E-state index in [0.29, 0.717) is 25.9 Å². The molecule has 1 N–H and O–H groups in total. The molecule has 0 aliphatic heterocycles. The Morgan fingerprint density at radius 2 is 1.95 bits per heavy atom. The average Bonchev–Trinajstić information content (AvgIpc) is 2.45. The minimum atomic E-state index is 0.491. The molecule has 0 spiro atoms. The van der Waals surface area contributed by atoms with E-state index in [4.69, 9.17) is 9.47 Å². The van der Waals surface area contributed by atoms with Gasteiger partial charge < -0.3 is 14.8 Å². The summed E-state index contributed by atoms with van der Waals surface area (Å²) in [6, 6.07) is 4.61. The summed E-state index contributed by atoms with van der Waals surface area (Å²) in [5, 5.41) is 3.37. The predicted octanol–water partition coefficient (Wildman–Crippen LogP) is 2.91. The summed E-state index contributed by atoms with van der Waals surface area (Å²) in [4.78, 5) is 4.40. The zero-order valence-corrected chi connectivity index (χ0v) is 13.0. The van der Waals surface area contributed by atoms with Gasteiger partial charge in [-0.2, -0.15) is 0 Å². The highest BCUT2D eigenvalue weighted by molar-refractivity contribution is 5.13. The fraction of sp³-hybridized carbons (Fsp3) is 0.688. The fourth-order valence-electron chi connectivity index (χ4n) is 1.61. The van der Waals surface area contributed by atoms with Crippen molar-refractivity contribution in [3.63, 3.8) is 0 Å². The number of nitrogens with one attached hydrogen (secondary N) is 1.